The highest BCUT2D eigenvalue weighted by Gasteiger charge is 2.09. The van der Waals surface area contributed by atoms with Crippen LogP contribution < -0.4 is 14.9 Å². The zero-order valence-corrected chi connectivity index (χ0v) is 18.4. The van der Waals surface area contributed by atoms with E-state index in [0.717, 1.165) is 49.6 Å². The van der Waals surface area contributed by atoms with E-state index in [-0.39, 0.29) is 0 Å². The predicted octanol–water partition coefficient (Wildman–Crippen LogP) is 5.08. The Bertz CT molecular complexity index is 1190. The van der Waals surface area contributed by atoms with Gasteiger partial charge >= 0.3 is 0 Å². The molecule has 4 aromatic rings. The van der Waals surface area contributed by atoms with E-state index in [9.17, 15) is 0 Å². The number of rotatable bonds is 8. The van der Waals surface area contributed by atoms with E-state index >= 15 is 0 Å². The molecule has 7 nitrogen and oxygen atoms in total. The Morgan fingerprint density at radius 3 is 2.83 bits per heavy atom. The number of ether oxygens (including phenoxy) is 2. The van der Waals surface area contributed by atoms with E-state index in [1.807, 2.05) is 42.6 Å². The molecule has 2 aromatic heterocycles. The van der Waals surface area contributed by atoms with Gasteiger partial charge in [-0.15, -0.1) is 11.3 Å². The standard InChI is InChI=1S/C21H21N5O2S2/c1-13-11-29-21(23-13)26-22-10-14-4-7-19(28-3)15(8-14)12-30-20-24-17-6-5-16(27-2)9-18(17)25-20/h4-11H,12H2,1-3H3,(H,23,26)(H,24,25). The molecule has 0 fully saturated rings. The van der Waals surface area contributed by atoms with Crippen molar-refractivity contribution in [2.75, 3.05) is 19.6 Å². The van der Waals surface area contributed by atoms with E-state index in [0.29, 0.717) is 5.75 Å². The van der Waals surface area contributed by atoms with Gasteiger partial charge in [0.2, 0.25) is 5.13 Å². The number of nitrogens with zero attached hydrogens (tertiary/aromatic N) is 3. The number of H-pyrrole nitrogens is 1. The summed E-state index contributed by atoms with van der Waals surface area (Å²) in [7, 11) is 3.33. The number of anilines is 1. The van der Waals surface area contributed by atoms with Crippen molar-refractivity contribution in [3.8, 4) is 11.5 Å². The molecule has 4 rings (SSSR count). The second-order valence-corrected chi connectivity index (χ2v) is 8.27. The number of hydrogen-bond donors (Lipinski definition) is 2. The molecule has 0 saturated heterocycles. The van der Waals surface area contributed by atoms with Crippen LogP contribution in [0.15, 0.2) is 52.0 Å². The van der Waals surface area contributed by atoms with Crippen LogP contribution in [-0.2, 0) is 5.75 Å². The van der Waals surface area contributed by atoms with Crippen LogP contribution >= 0.6 is 23.1 Å². The van der Waals surface area contributed by atoms with Crippen LogP contribution in [0.1, 0.15) is 16.8 Å². The van der Waals surface area contributed by atoms with Crippen molar-refractivity contribution < 1.29 is 9.47 Å². The van der Waals surface area contributed by atoms with Crippen LogP contribution in [0.5, 0.6) is 11.5 Å². The van der Waals surface area contributed by atoms with Crippen LogP contribution in [0, 0.1) is 6.92 Å². The Labute approximate surface area is 182 Å². The third kappa shape index (κ3) is 4.74. The number of imidazole rings is 1. The number of fused-ring (bicyclic) bond motifs is 1. The van der Waals surface area contributed by atoms with Gasteiger partial charge < -0.3 is 14.5 Å². The molecule has 0 atom stereocenters. The first-order chi connectivity index (χ1) is 14.6. The van der Waals surface area contributed by atoms with Gasteiger partial charge in [-0.2, -0.15) is 5.10 Å². The first kappa shape index (κ1) is 20.2. The van der Waals surface area contributed by atoms with Crippen LogP contribution in [0.25, 0.3) is 11.0 Å². The van der Waals surface area contributed by atoms with E-state index in [1.165, 1.54) is 11.3 Å². The topological polar surface area (TPSA) is 84.4 Å². The van der Waals surface area contributed by atoms with Crippen molar-refractivity contribution in [1.29, 1.82) is 0 Å². The molecule has 9 heteroatoms. The molecular weight excluding hydrogens is 418 g/mol. The molecule has 2 N–H and O–H groups in total. The predicted molar refractivity (Wildman–Crippen MR) is 123 cm³/mol. The van der Waals surface area contributed by atoms with Gasteiger partial charge in [0.15, 0.2) is 5.16 Å². The van der Waals surface area contributed by atoms with E-state index < -0.39 is 0 Å². The van der Waals surface area contributed by atoms with Crippen molar-refractivity contribution in [2.24, 2.45) is 5.10 Å². The Morgan fingerprint density at radius 1 is 1.17 bits per heavy atom. The molecular formula is C21H21N5O2S2. The molecule has 0 aliphatic heterocycles. The molecule has 0 unspecified atom stereocenters. The van der Waals surface area contributed by atoms with Crippen molar-refractivity contribution in [3.63, 3.8) is 0 Å². The van der Waals surface area contributed by atoms with E-state index in [4.69, 9.17) is 9.47 Å². The molecule has 2 heterocycles. The minimum absolute atomic E-state index is 0.709. The second-order valence-electron chi connectivity index (χ2n) is 6.45. The number of benzene rings is 2. The quantitative estimate of drug-likeness (QED) is 0.226. The average Bonchev–Trinajstić information content (AvgIpc) is 3.37. The Morgan fingerprint density at radius 2 is 2.07 bits per heavy atom. The number of aryl methyl sites for hydroxylation is 1. The van der Waals surface area contributed by atoms with Gasteiger partial charge in [0.05, 0.1) is 37.2 Å². The maximum absolute atomic E-state index is 5.53. The van der Waals surface area contributed by atoms with Crippen molar-refractivity contribution >= 4 is 45.5 Å². The lowest BCUT2D eigenvalue weighted by Gasteiger charge is -2.08. The fraction of sp³-hybridized carbons (Fsp3) is 0.190. The molecule has 0 spiro atoms. The highest BCUT2D eigenvalue weighted by Crippen LogP contribution is 2.29. The van der Waals surface area contributed by atoms with Crippen LogP contribution in [-0.4, -0.2) is 35.4 Å². The van der Waals surface area contributed by atoms with Gasteiger partial charge in [-0.05, 0) is 42.8 Å². The summed E-state index contributed by atoms with van der Waals surface area (Å²) in [5.74, 6) is 2.35. The normalized spacial score (nSPS) is 11.3. The van der Waals surface area contributed by atoms with Crippen LogP contribution in [0.3, 0.4) is 0 Å². The lowest BCUT2D eigenvalue weighted by molar-refractivity contribution is 0.411. The Balaban J connectivity index is 1.46. The van der Waals surface area contributed by atoms with Gasteiger partial charge in [0, 0.05) is 22.8 Å². The number of aromatic nitrogens is 3. The highest BCUT2D eigenvalue weighted by molar-refractivity contribution is 7.98. The first-order valence-corrected chi connectivity index (χ1v) is 11.1. The molecule has 0 saturated carbocycles. The summed E-state index contributed by atoms with van der Waals surface area (Å²) in [5.41, 5.74) is 7.84. The average molecular weight is 440 g/mol. The number of aromatic amines is 1. The summed E-state index contributed by atoms with van der Waals surface area (Å²) in [6, 6.07) is 11.8. The zero-order chi connectivity index (χ0) is 20.9. The smallest absolute Gasteiger partial charge is 0.203 e. The summed E-state index contributed by atoms with van der Waals surface area (Å²) in [6.07, 6.45) is 1.78. The fourth-order valence-electron chi connectivity index (χ4n) is 2.87. The second kappa shape index (κ2) is 9.19. The lowest BCUT2D eigenvalue weighted by Crippen LogP contribution is -1.95. The lowest BCUT2D eigenvalue weighted by atomic mass is 10.1. The summed E-state index contributed by atoms with van der Waals surface area (Å²) in [6.45, 7) is 1.96. The van der Waals surface area contributed by atoms with Crippen molar-refractivity contribution in [3.05, 3.63) is 58.6 Å². The fourth-order valence-corrected chi connectivity index (χ4v) is 4.37. The number of hydrazone groups is 1. The monoisotopic (exact) mass is 439 g/mol. The van der Waals surface area contributed by atoms with Gasteiger partial charge in [-0.3, -0.25) is 5.43 Å². The largest absolute Gasteiger partial charge is 0.497 e. The summed E-state index contributed by atoms with van der Waals surface area (Å²) in [5, 5.41) is 7.88. The number of hydrogen-bond acceptors (Lipinski definition) is 8. The van der Waals surface area contributed by atoms with Gasteiger partial charge in [-0.1, -0.05) is 11.8 Å². The first-order valence-electron chi connectivity index (χ1n) is 9.19. The zero-order valence-electron chi connectivity index (χ0n) is 16.8. The Hall–Kier alpha value is -3.04. The van der Waals surface area contributed by atoms with Crippen LogP contribution in [0.2, 0.25) is 0 Å². The SMILES string of the molecule is COc1ccc2nc(SCc3cc(C=NNc4nc(C)cs4)ccc3OC)[nH]c2c1. The number of thioether (sulfide) groups is 1. The third-order valence-corrected chi connectivity index (χ3v) is 6.12. The summed E-state index contributed by atoms with van der Waals surface area (Å²) in [4.78, 5) is 12.3. The molecule has 30 heavy (non-hydrogen) atoms. The summed E-state index contributed by atoms with van der Waals surface area (Å²) < 4.78 is 10.8. The van der Waals surface area contributed by atoms with Crippen molar-refractivity contribution in [2.45, 2.75) is 17.8 Å². The Kier molecular flexibility index (Phi) is 6.20. The molecule has 154 valence electrons. The maximum atomic E-state index is 5.53. The maximum Gasteiger partial charge on any atom is 0.203 e. The molecule has 0 bridgehead atoms. The van der Waals surface area contributed by atoms with Crippen LogP contribution in [0.4, 0.5) is 5.13 Å². The molecule has 0 radical (unpaired) electrons. The molecule has 0 aliphatic rings. The van der Waals surface area contributed by atoms with Gasteiger partial charge in [0.1, 0.15) is 11.5 Å². The minimum atomic E-state index is 0.709. The van der Waals surface area contributed by atoms with E-state index in [1.54, 1.807) is 32.2 Å². The summed E-state index contributed by atoms with van der Waals surface area (Å²) >= 11 is 3.14. The number of methoxy groups -OCH3 is 2. The third-order valence-electron chi connectivity index (χ3n) is 4.33. The number of thiazole rings is 1. The van der Waals surface area contributed by atoms with Gasteiger partial charge in [-0.25, -0.2) is 9.97 Å². The van der Waals surface area contributed by atoms with Crippen molar-refractivity contribution in [1.82, 2.24) is 15.0 Å². The minimum Gasteiger partial charge on any atom is -0.497 e. The molecule has 2 aromatic carbocycles. The number of nitrogens with one attached hydrogen (secondary N) is 2. The molecule has 0 aliphatic carbocycles. The molecule has 0 amide bonds. The highest BCUT2D eigenvalue weighted by atomic mass is 32.2. The van der Waals surface area contributed by atoms with E-state index in [2.05, 4.69) is 31.5 Å². The van der Waals surface area contributed by atoms with Gasteiger partial charge in [0.25, 0.3) is 0 Å².